The summed E-state index contributed by atoms with van der Waals surface area (Å²) in [5, 5.41) is -0.540. The van der Waals surface area contributed by atoms with Crippen LogP contribution < -0.4 is 4.72 Å². The highest BCUT2D eigenvalue weighted by molar-refractivity contribution is 7.90. The van der Waals surface area contributed by atoms with E-state index in [0.717, 1.165) is 12.0 Å². The van der Waals surface area contributed by atoms with Crippen molar-refractivity contribution in [2.75, 3.05) is 0 Å². The van der Waals surface area contributed by atoms with Gasteiger partial charge in [-0.05, 0) is 43.7 Å². The van der Waals surface area contributed by atoms with Crippen LogP contribution in [0.1, 0.15) is 37.8 Å². The van der Waals surface area contributed by atoms with Crippen LogP contribution >= 0.6 is 0 Å². The van der Waals surface area contributed by atoms with Crippen LogP contribution in [0.4, 0.5) is 0 Å². The fourth-order valence-corrected chi connectivity index (χ4v) is 3.55. The van der Waals surface area contributed by atoms with Crippen molar-refractivity contribution in [2.45, 2.75) is 44.8 Å². The van der Waals surface area contributed by atoms with E-state index in [1.165, 1.54) is 5.56 Å². The lowest BCUT2D eigenvalue weighted by atomic mass is 9.84. The lowest BCUT2D eigenvalue weighted by Gasteiger charge is -2.24. The molecule has 110 valence electrons. The van der Waals surface area contributed by atoms with Gasteiger partial charge in [-0.3, -0.25) is 9.52 Å². The molecule has 0 heterocycles. The first kappa shape index (κ1) is 15.0. The highest BCUT2D eigenvalue weighted by Crippen LogP contribution is 2.25. The van der Waals surface area contributed by atoms with Gasteiger partial charge in [0.15, 0.2) is 0 Å². The Morgan fingerprint density at radius 2 is 2.00 bits per heavy atom. The van der Waals surface area contributed by atoms with Crippen LogP contribution in [-0.2, 0) is 27.7 Å². The van der Waals surface area contributed by atoms with Crippen LogP contribution in [0.2, 0.25) is 0 Å². The van der Waals surface area contributed by atoms with E-state index in [1.54, 1.807) is 13.8 Å². The Hall–Kier alpha value is -1.36. The Bertz CT molecular complexity index is 595. The van der Waals surface area contributed by atoms with Crippen LogP contribution in [0.5, 0.6) is 0 Å². The molecule has 0 fully saturated rings. The predicted molar refractivity (Wildman–Crippen MR) is 78.8 cm³/mol. The van der Waals surface area contributed by atoms with Gasteiger partial charge in [0.05, 0.1) is 5.25 Å². The lowest BCUT2D eigenvalue weighted by Crippen LogP contribution is -2.41. The first-order valence-corrected chi connectivity index (χ1v) is 8.61. The summed E-state index contributed by atoms with van der Waals surface area (Å²) in [5.41, 5.74) is 2.42. The summed E-state index contributed by atoms with van der Waals surface area (Å²) in [6.07, 6.45) is 2.66. The van der Waals surface area contributed by atoms with Gasteiger partial charge in [0, 0.05) is 5.92 Å². The van der Waals surface area contributed by atoms with E-state index >= 15 is 0 Å². The van der Waals surface area contributed by atoms with Crippen molar-refractivity contribution < 1.29 is 13.2 Å². The maximum absolute atomic E-state index is 12.2. The zero-order valence-corrected chi connectivity index (χ0v) is 12.7. The third kappa shape index (κ3) is 3.20. The zero-order valence-electron chi connectivity index (χ0n) is 11.9. The zero-order chi connectivity index (χ0) is 14.8. The number of aryl methyl sites for hydroxylation is 1. The van der Waals surface area contributed by atoms with Gasteiger partial charge in [0.2, 0.25) is 15.9 Å². The molecule has 1 aliphatic rings. The van der Waals surface area contributed by atoms with Gasteiger partial charge in [-0.25, -0.2) is 8.42 Å². The third-order valence-corrected chi connectivity index (χ3v) is 5.94. The number of sulfonamides is 1. The molecular formula is C15H21NO3S. The summed E-state index contributed by atoms with van der Waals surface area (Å²) in [6, 6.07) is 8.03. The number of nitrogens with one attached hydrogen (secondary N) is 1. The summed E-state index contributed by atoms with van der Waals surface area (Å²) < 4.78 is 26.1. The Morgan fingerprint density at radius 3 is 2.65 bits per heavy atom. The number of rotatable bonds is 4. The molecule has 1 amide bonds. The SMILES string of the molecule is CCC(C)S(=O)(=O)NC(=O)C1CCc2ccccc2C1. The molecular weight excluding hydrogens is 274 g/mol. The van der Waals surface area contributed by atoms with E-state index < -0.39 is 15.3 Å². The number of hydrogen-bond acceptors (Lipinski definition) is 3. The van der Waals surface area contributed by atoms with E-state index in [1.807, 2.05) is 18.2 Å². The van der Waals surface area contributed by atoms with Gasteiger partial charge in [0.1, 0.15) is 0 Å². The molecule has 0 saturated carbocycles. The lowest BCUT2D eigenvalue weighted by molar-refractivity contribution is -0.123. The van der Waals surface area contributed by atoms with E-state index in [9.17, 15) is 13.2 Å². The summed E-state index contributed by atoms with van der Waals surface area (Å²) in [4.78, 5) is 12.2. The molecule has 20 heavy (non-hydrogen) atoms. The van der Waals surface area contributed by atoms with E-state index in [2.05, 4.69) is 10.8 Å². The van der Waals surface area contributed by atoms with E-state index in [4.69, 9.17) is 0 Å². The molecule has 0 radical (unpaired) electrons. The predicted octanol–water partition coefficient (Wildman–Crippen LogP) is 2.04. The summed E-state index contributed by atoms with van der Waals surface area (Å²) in [6.45, 7) is 3.41. The van der Waals surface area contributed by atoms with Gasteiger partial charge in [0.25, 0.3) is 0 Å². The summed E-state index contributed by atoms with van der Waals surface area (Å²) >= 11 is 0. The molecule has 0 saturated heterocycles. The topological polar surface area (TPSA) is 63.2 Å². The van der Waals surface area contributed by atoms with E-state index in [0.29, 0.717) is 19.3 Å². The van der Waals surface area contributed by atoms with Crippen molar-refractivity contribution in [3.8, 4) is 0 Å². The van der Waals surface area contributed by atoms with Crippen molar-refractivity contribution >= 4 is 15.9 Å². The van der Waals surface area contributed by atoms with Crippen LogP contribution in [-0.4, -0.2) is 19.6 Å². The van der Waals surface area contributed by atoms with Gasteiger partial charge < -0.3 is 0 Å². The van der Waals surface area contributed by atoms with Gasteiger partial charge in [-0.1, -0.05) is 31.2 Å². The Morgan fingerprint density at radius 1 is 1.35 bits per heavy atom. The summed E-state index contributed by atoms with van der Waals surface area (Å²) in [7, 11) is -3.54. The summed E-state index contributed by atoms with van der Waals surface area (Å²) in [5.74, 6) is -0.608. The highest BCUT2D eigenvalue weighted by atomic mass is 32.2. The standard InChI is InChI=1S/C15H21NO3S/c1-3-11(2)20(18,19)16-15(17)14-9-8-12-6-4-5-7-13(12)10-14/h4-7,11,14H,3,8-10H2,1-2H3,(H,16,17). The average Bonchev–Trinajstić information content (AvgIpc) is 2.45. The highest BCUT2D eigenvalue weighted by Gasteiger charge is 2.29. The molecule has 1 N–H and O–H groups in total. The quantitative estimate of drug-likeness (QED) is 0.924. The van der Waals surface area contributed by atoms with Gasteiger partial charge in [-0.15, -0.1) is 0 Å². The second-order valence-corrected chi connectivity index (χ2v) is 7.54. The number of fused-ring (bicyclic) bond motifs is 1. The van der Waals surface area contributed by atoms with Crippen LogP contribution in [0, 0.1) is 5.92 Å². The number of hydrogen-bond donors (Lipinski definition) is 1. The van der Waals surface area contributed by atoms with Gasteiger partial charge >= 0.3 is 0 Å². The Balaban J connectivity index is 2.06. The maximum atomic E-state index is 12.2. The fourth-order valence-electron chi connectivity index (χ4n) is 2.47. The van der Waals surface area contributed by atoms with Crippen LogP contribution in [0.25, 0.3) is 0 Å². The largest absolute Gasteiger partial charge is 0.274 e. The minimum Gasteiger partial charge on any atom is -0.274 e. The molecule has 0 aromatic heterocycles. The molecule has 4 nitrogen and oxygen atoms in total. The number of carbonyl (C=O) groups excluding carboxylic acids is 1. The van der Waals surface area contributed by atoms with Gasteiger partial charge in [-0.2, -0.15) is 0 Å². The first-order valence-electron chi connectivity index (χ1n) is 7.06. The smallest absolute Gasteiger partial charge is 0.237 e. The van der Waals surface area contributed by atoms with E-state index in [-0.39, 0.29) is 11.8 Å². The molecule has 2 atom stereocenters. The van der Waals surface area contributed by atoms with Crippen molar-refractivity contribution in [2.24, 2.45) is 5.92 Å². The second-order valence-electron chi connectivity index (χ2n) is 5.44. The van der Waals surface area contributed by atoms with Crippen molar-refractivity contribution in [3.05, 3.63) is 35.4 Å². The number of benzene rings is 1. The van der Waals surface area contributed by atoms with Crippen molar-refractivity contribution in [1.82, 2.24) is 4.72 Å². The monoisotopic (exact) mass is 295 g/mol. The number of carbonyl (C=O) groups is 1. The normalized spacial score (nSPS) is 20.0. The average molecular weight is 295 g/mol. The molecule has 0 spiro atoms. The maximum Gasteiger partial charge on any atom is 0.237 e. The minimum absolute atomic E-state index is 0.247. The molecule has 5 heteroatoms. The molecule has 2 rings (SSSR count). The third-order valence-electron chi connectivity index (χ3n) is 4.07. The van der Waals surface area contributed by atoms with Crippen LogP contribution in [0.15, 0.2) is 24.3 Å². The Labute approximate surface area is 120 Å². The Kier molecular flexibility index (Phi) is 4.48. The fraction of sp³-hybridized carbons (Fsp3) is 0.533. The first-order chi connectivity index (χ1) is 9.44. The van der Waals surface area contributed by atoms with Crippen molar-refractivity contribution in [1.29, 1.82) is 0 Å². The van der Waals surface area contributed by atoms with Crippen molar-refractivity contribution in [3.63, 3.8) is 0 Å². The molecule has 1 aliphatic carbocycles. The molecule has 0 bridgehead atoms. The van der Waals surface area contributed by atoms with Crippen LogP contribution in [0.3, 0.4) is 0 Å². The molecule has 1 aromatic rings. The molecule has 2 unspecified atom stereocenters. The minimum atomic E-state index is -3.54. The second kappa shape index (κ2) is 5.95. The molecule has 1 aromatic carbocycles. The number of amides is 1. The molecule has 0 aliphatic heterocycles.